The Balaban J connectivity index is 1.64. The monoisotopic (exact) mass is 338 g/mol. The third-order valence-corrected chi connectivity index (χ3v) is 4.46. The Kier molecular flexibility index (Phi) is 5.04. The summed E-state index contributed by atoms with van der Waals surface area (Å²) >= 11 is 0. The molecule has 1 aliphatic heterocycles. The van der Waals surface area contributed by atoms with Crippen molar-refractivity contribution < 1.29 is 4.79 Å². The Labute approximate surface area is 149 Å². The van der Waals surface area contributed by atoms with Crippen LogP contribution in [-0.2, 0) is 5.41 Å². The third-order valence-electron chi connectivity index (χ3n) is 4.46. The molecule has 3 rings (SSSR count). The summed E-state index contributed by atoms with van der Waals surface area (Å²) in [7, 11) is 0. The van der Waals surface area contributed by atoms with Gasteiger partial charge in [-0.25, -0.2) is 4.98 Å². The van der Waals surface area contributed by atoms with Crippen molar-refractivity contribution in [2.75, 3.05) is 36.4 Å². The van der Waals surface area contributed by atoms with E-state index < -0.39 is 0 Å². The molecule has 132 valence electrons. The average Bonchev–Trinajstić information content (AvgIpc) is 2.62. The fraction of sp³-hybridized carbons (Fsp3) is 0.400. The van der Waals surface area contributed by atoms with Crippen molar-refractivity contribution in [3.8, 4) is 0 Å². The maximum Gasteiger partial charge on any atom is 0.257 e. The molecule has 0 saturated carbocycles. The Morgan fingerprint density at radius 3 is 2.32 bits per heavy atom. The molecule has 2 aromatic rings. The van der Waals surface area contributed by atoms with Crippen LogP contribution in [0.4, 0.5) is 11.5 Å². The van der Waals surface area contributed by atoms with Gasteiger partial charge in [0.2, 0.25) is 0 Å². The minimum absolute atomic E-state index is 0.103. The Morgan fingerprint density at radius 1 is 1.08 bits per heavy atom. The number of carbonyl (C=O) groups excluding carboxylic acids is 1. The lowest BCUT2D eigenvalue weighted by molar-refractivity contribution is 0.102. The van der Waals surface area contributed by atoms with Gasteiger partial charge in [-0.05, 0) is 35.2 Å². The SMILES string of the molecule is CC(C)(C)c1ccc(NC(=O)c2ccc(N3CCNCC3)nc2)cc1. The quantitative estimate of drug-likeness (QED) is 0.903. The third kappa shape index (κ3) is 4.37. The van der Waals surface area contributed by atoms with E-state index >= 15 is 0 Å². The van der Waals surface area contributed by atoms with E-state index in [9.17, 15) is 4.79 Å². The number of rotatable bonds is 3. The van der Waals surface area contributed by atoms with E-state index in [2.05, 4.69) is 53.4 Å². The smallest absolute Gasteiger partial charge is 0.257 e. The zero-order chi connectivity index (χ0) is 17.9. The van der Waals surface area contributed by atoms with Crippen molar-refractivity contribution in [1.29, 1.82) is 0 Å². The van der Waals surface area contributed by atoms with Crippen LogP contribution in [0, 0.1) is 0 Å². The van der Waals surface area contributed by atoms with Crippen LogP contribution in [0.1, 0.15) is 36.7 Å². The highest BCUT2D eigenvalue weighted by Gasteiger charge is 2.15. The van der Waals surface area contributed by atoms with Crippen molar-refractivity contribution in [3.05, 3.63) is 53.7 Å². The Morgan fingerprint density at radius 2 is 1.76 bits per heavy atom. The first-order valence-electron chi connectivity index (χ1n) is 8.77. The molecular formula is C20H26N4O. The van der Waals surface area contributed by atoms with Crippen LogP contribution in [-0.4, -0.2) is 37.1 Å². The number of piperazine rings is 1. The fourth-order valence-corrected chi connectivity index (χ4v) is 2.86. The molecule has 2 heterocycles. The van der Waals surface area contributed by atoms with E-state index in [4.69, 9.17) is 0 Å². The molecule has 0 radical (unpaired) electrons. The van der Waals surface area contributed by atoms with E-state index in [1.165, 1.54) is 5.56 Å². The van der Waals surface area contributed by atoms with Gasteiger partial charge in [0.05, 0.1) is 5.56 Å². The molecule has 1 aromatic carbocycles. The molecule has 0 spiro atoms. The van der Waals surface area contributed by atoms with Crippen LogP contribution in [0.15, 0.2) is 42.6 Å². The van der Waals surface area contributed by atoms with Gasteiger partial charge in [-0.2, -0.15) is 0 Å². The molecule has 0 atom stereocenters. The molecule has 0 aliphatic carbocycles. The molecule has 1 fully saturated rings. The number of nitrogens with zero attached hydrogens (tertiary/aromatic N) is 2. The summed E-state index contributed by atoms with van der Waals surface area (Å²) in [4.78, 5) is 19.1. The largest absolute Gasteiger partial charge is 0.354 e. The van der Waals surface area contributed by atoms with Gasteiger partial charge >= 0.3 is 0 Å². The number of amides is 1. The molecule has 0 unspecified atom stereocenters. The van der Waals surface area contributed by atoms with Crippen LogP contribution in [0.5, 0.6) is 0 Å². The van der Waals surface area contributed by atoms with Gasteiger partial charge in [0, 0.05) is 38.1 Å². The molecule has 1 amide bonds. The van der Waals surface area contributed by atoms with E-state index in [0.29, 0.717) is 5.56 Å². The van der Waals surface area contributed by atoms with E-state index in [-0.39, 0.29) is 11.3 Å². The standard InChI is InChI=1S/C20H26N4O/c1-20(2,3)16-5-7-17(8-6-16)23-19(25)15-4-9-18(22-14-15)24-12-10-21-11-13-24/h4-9,14,21H,10-13H2,1-3H3,(H,23,25). The lowest BCUT2D eigenvalue weighted by atomic mass is 9.87. The summed E-state index contributed by atoms with van der Waals surface area (Å²) in [6.45, 7) is 10.3. The Hall–Kier alpha value is -2.40. The predicted octanol–water partition coefficient (Wildman–Crippen LogP) is 3.04. The number of benzene rings is 1. The van der Waals surface area contributed by atoms with Gasteiger partial charge in [-0.1, -0.05) is 32.9 Å². The molecule has 1 aromatic heterocycles. The Bertz CT molecular complexity index is 711. The summed E-state index contributed by atoms with van der Waals surface area (Å²) in [6, 6.07) is 11.8. The first-order valence-corrected chi connectivity index (χ1v) is 8.77. The number of hydrogen-bond acceptors (Lipinski definition) is 4. The van der Waals surface area contributed by atoms with Crippen LogP contribution >= 0.6 is 0 Å². The highest BCUT2D eigenvalue weighted by atomic mass is 16.1. The fourth-order valence-electron chi connectivity index (χ4n) is 2.86. The molecule has 25 heavy (non-hydrogen) atoms. The summed E-state index contributed by atoms with van der Waals surface area (Å²) in [5, 5.41) is 6.25. The van der Waals surface area contributed by atoms with Crippen molar-refractivity contribution in [3.63, 3.8) is 0 Å². The van der Waals surface area contributed by atoms with Crippen LogP contribution in [0.3, 0.4) is 0 Å². The van der Waals surface area contributed by atoms with Gasteiger partial charge in [-0.3, -0.25) is 4.79 Å². The number of anilines is 2. The first kappa shape index (κ1) is 17.4. The highest BCUT2D eigenvalue weighted by molar-refractivity contribution is 6.04. The number of carbonyl (C=O) groups is 1. The number of pyridine rings is 1. The number of nitrogens with one attached hydrogen (secondary N) is 2. The molecule has 5 heteroatoms. The zero-order valence-corrected chi connectivity index (χ0v) is 15.2. The number of hydrogen-bond donors (Lipinski definition) is 2. The van der Waals surface area contributed by atoms with Gasteiger partial charge in [0.15, 0.2) is 0 Å². The summed E-state index contributed by atoms with van der Waals surface area (Å²) in [5.41, 5.74) is 2.71. The van der Waals surface area contributed by atoms with Gasteiger partial charge in [0.1, 0.15) is 5.82 Å². The molecule has 1 saturated heterocycles. The second kappa shape index (κ2) is 7.23. The maximum absolute atomic E-state index is 12.4. The molecule has 2 N–H and O–H groups in total. The van der Waals surface area contributed by atoms with Crippen molar-refractivity contribution in [2.24, 2.45) is 0 Å². The van der Waals surface area contributed by atoms with E-state index in [0.717, 1.165) is 37.7 Å². The number of aromatic nitrogens is 1. The highest BCUT2D eigenvalue weighted by Crippen LogP contribution is 2.23. The van der Waals surface area contributed by atoms with Gasteiger partial charge in [-0.15, -0.1) is 0 Å². The predicted molar refractivity (Wildman–Crippen MR) is 102 cm³/mol. The van der Waals surface area contributed by atoms with E-state index in [1.807, 2.05) is 24.3 Å². The van der Waals surface area contributed by atoms with Crippen LogP contribution in [0.25, 0.3) is 0 Å². The maximum atomic E-state index is 12.4. The molecule has 5 nitrogen and oxygen atoms in total. The van der Waals surface area contributed by atoms with Gasteiger partial charge in [0.25, 0.3) is 5.91 Å². The second-order valence-electron chi connectivity index (χ2n) is 7.42. The summed E-state index contributed by atoms with van der Waals surface area (Å²) in [5.74, 6) is 0.787. The average molecular weight is 338 g/mol. The van der Waals surface area contributed by atoms with Crippen molar-refractivity contribution in [1.82, 2.24) is 10.3 Å². The second-order valence-corrected chi connectivity index (χ2v) is 7.42. The van der Waals surface area contributed by atoms with Crippen molar-refractivity contribution in [2.45, 2.75) is 26.2 Å². The summed E-state index contributed by atoms with van der Waals surface area (Å²) < 4.78 is 0. The summed E-state index contributed by atoms with van der Waals surface area (Å²) in [6.07, 6.45) is 1.65. The van der Waals surface area contributed by atoms with Crippen LogP contribution in [0.2, 0.25) is 0 Å². The van der Waals surface area contributed by atoms with E-state index in [1.54, 1.807) is 6.20 Å². The van der Waals surface area contributed by atoms with Gasteiger partial charge < -0.3 is 15.5 Å². The lowest BCUT2D eigenvalue weighted by Crippen LogP contribution is -2.43. The van der Waals surface area contributed by atoms with Crippen LogP contribution < -0.4 is 15.5 Å². The molecular weight excluding hydrogens is 312 g/mol. The minimum atomic E-state index is -0.136. The lowest BCUT2D eigenvalue weighted by Gasteiger charge is -2.28. The first-order chi connectivity index (χ1) is 11.9. The van der Waals surface area contributed by atoms with Crippen molar-refractivity contribution >= 4 is 17.4 Å². The molecule has 1 aliphatic rings. The normalized spacial score (nSPS) is 15.1. The minimum Gasteiger partial charge on any atom is -0.354 e. The topological polar surface area (TPSA) is 57.3 Å². The zero-order valence-electron chi connectivity index (χ0n) is 15.2. The molecule has 0 bridgehead atoms.